The molecule has 2 N–H and O–H groups in total. The highest BCUT2D eigenvalue weighted by molar-refractivity contribution is 6.62. The highest BCUT2D eigenvalue weighted by Crippen LogP contribution is 2.59. The minimum atomic E-state index is -1.05. The average molecular weight is 647 g/mol. The molecule has 6 nitrogen and oxygen atoms in total. The Hall–Kier alpha value is -2.35. The first-order valence-corrected chi connectivity index (χ1v) is 18.2. The summed E-state index contributed by atoms with van der Waals surface area (Å²) >= 11 is 6.59. The van der Waals surface area contributed by atoms with Crippen molar-refractivity contribution in [1.82, 2.24) is 0 Å². The summed E-state index contributed by atoms with van der Waals surface area (Å²) in [6.45, 7) is 14.9. The lowest BCUT2D eigenvalue weighted by atomic mass is 9.53. The van der Waals surface area contributed by atoms with Crippen molar-refractivity contribution in [2.75, 3.05) is 16.8 Å². The maximum atomic E-state index is 13.5. The molecule has 248 valence electrons. The van der Waals surface area contributed by atoms with Gasteiger partial charge in [0.2, 0.25) is 5.91 Å². The van der Waals surface area contributed by atoms with Gasteiger partial charge in [0.05, 0.1) is 16.2 Å². The third kappa shape index (κ3) is 6.05. The van der Waals surface area contributed by atoms with Crippen molar-refractivity contribution in [2.24, 2.45) is 47.3 Å². The van der Waals surface area contributed by atoms with Crippen molar-refractivity contribution in [2.45, 2.75) is 98.5 Å². The van der Waals surface area contributed by atoms with E-state index in [1.54, 1.807) is 23.1 Å². The van der Waals surface area contributed by atoms with E-state index in [-0.39, 0.29) is 11.8 Å². The molecule has 6 unspecified atom stereocenters. The quantitative estimate of drug-likeness (QED) is 0.299. The molecule has 4 aliphatic rings. The second-order valence-corrected chi connectivity index (χ2v) is 16.1. The molecule has 8 heteroatoms. The zero-order valence-corrected chi connectivity index (χ0v) is 29.3. The van der Waals surface area contributed by atoms with E-state index in [0.29, 0.717) is 82.3 Å². The summed E-state index contributed by atoms with van der Waals surface area (Å²) in [5, 5.41) is 15.1. The van der Waals surface area contributed by atoms with Crippen LogP contribution in [-0.4, -0.2) is 30.5 Å². The Kier molecular flexibility index (Phi) is 9.69. The summed E-state index contributed by atoms with van der Waals surface area (Å²) in [5.41, 5.74) is 2.98. The zero-order chi connectivity index (χ0) is 32.9. The molecule has 0 radical (unpaired) electrons. The Morgan fingerprint density at radius 3 is 2.15 bits per heavy atom. The van der Waals surface area contributed by atoms with E-state index in [2.05, 4.69) is 52.9 Å². The van der Waals surface area contributed by atoms with Crippen LogP contribution in [0.1, 0.15) is 109 Å². The molecule has 0 spiro atoms. The maximum Gasteiger partial charge on any atom is 0.492 e. The SMILES string of the molecule is CC1CCC(C(C)C)C(C2(C3CC(C)CCC3C(C)C)OB(O)c3cc(NC(=O)c4ccc(N5CCCC5=O)cc4Cl)ccc32)C1. The monoisotopic (exact) mass is 646 g/mol. The Labute approximate surface area is 281 Å². The van der Waals surface area contributed by atoms with Crippen LogP contribution in [-0.2, 0) is 15.0 Å². The number of nitrogens with one attached hydrogen (secondary N) is 1. The molecule has 0 bridgehead atoms. The molecule has 3 fully saturated rings. The molecule has 2 saturated carbocycles. The second-order valence-electron chi connectivity index (χ2n) is 15.7. The van der Waals surface area contributed by atoms with Gasteiger partial charge >= 0.3 is 7.12 Å². The molecule has 2 aromatic rings. The van der Waals surface area contributed by atoms with Gasteiger partial charge in [-0.3, -0.25) is 9.59 Å². The number of nitrogens with zero attached hydrogens (tertiary/aromatic N) is 1. The van der Waals surface area contributed by atoms with Gasteiger partial charge in [0, 0.05) is 24.3 Å². The van der Waals surface area contributed by atoms with Crippen LogP contribution < -0.4 is 15.7 Å². The number of halogens is 1. The van der Waals surface area contributed by atoms with Gasteiger partial charge < -0.3 is 19.9 Å². The van der Waals surface area contributed by atoms with Gasteiger partial charge in [0.1, 0.15) is 0 Å². The first kappa shape index (κ1) is 33.6. The molecule has 46 heavy (non-hydrogen) atoms. The predicted molar refractivity (Wildman–Crippen MR) is 187 cm³/mol. The molecule has 2 amide bonds. The number of amides is 2. The van der Waals surface area contributed by atoms with E-state index in [4.69, 9.17) is 16.3 Å². The fourth-order valence-electron chi connectivity index (χ4n) is 9.73. The molecule has 2 aliphatic heterocycles. The summed E-state index contributed by atoms with van der Waals surface area (Å²) in [6.07, 6.45) is 8.41. The van der Waals surface area contributed by atoms with E-state index in [1.165, 1.54) is 25.7 Å². The number of rotatable bonds is 7. The third-order valence-electron chi connectivity index (χ3n) is 12.0. The van der Waals surface area contributed by atoms with Crippen molar-refractivity contribution in [3.8, 4) is 0 Å². The Morgan fingerprint density at radius 2 is 1.61 bits per heavy atom. The Bertz CT molecular complexity index is 1430. The topological polar surface area (TPSA) is 78.9 Å². The number of fused-ring (bicyclic) bond motifs is 1. The third-order valence-corrected chi connectivity index (χ3v) is 12.3. The Balaban J connectivity index is 1.36. The molecule has 0 aromatic heterocycles. The molecule has 2 aliphatic carbocycles. The first-order valence-electron chi connectivity index (χ1n) is 17.8. The molecule has 2 aromatic carbocycles. The fraction of sp³-hybridized carbons (Fsp3) is 0.632. The van der Waals surface area contributed by atoms with Gasteiger partial charge in [-0.05, 0) is 121 Å². The largest absolute Gasteiger partial charge is 0.492 e. The van der Waals surface area contributed by atoms with Crippen molar-refractivity contribution in [3.63, 3.8) is 0 Å². The highest BCUT2D eigenvalue weighted by atomic mass is 35.5. The number of benzene rings is 2. The first-order chi connectivity index (χ1) is 21.9. The van der Waals surface area contributed by atoms with Gasteiger partial charge in [0.25, 0.3) is 5.91 Å². The van der Waals surface area contributed by atoms with E-state index < -0.39 is 12.7 Å². The minimum absolute atomic E-state index is 0.0769. The molecule has 6 rings (SSSR count). The van der Waals surface area contributed by atoms with Gasteiger partial charge in [-0.15, -0.1) is 0 Å². The highest BCUT2D eigenvalue weighted by Gasteiger charge is 2.60. The van der Waals surface area contributed by atoms with Crippen LogP contribution in [0.25, 0.3) is 0 Å². The van der Waals surface area contributed by atoms with Gasteiger partial charge in [-0.25, -0.2) is 0 Å². The van der Waals surface area contributed by atoms with Crippen molar-refractivity contribution >= 4 is 47.4 Å². The maximum absolute atomic E-state index is 13.5. The van der Waals surface area contributed by atoms with Gasteiger partial charge in [-0.1, -0.05) is 72.1 Å². The Morgan fingerprint density at radius 1 is 0.978 bits per heavy atom. The lowest BCUT2D eigenvalue weighted by Gasteiger charge is -2.55. The van der Waals surface area contributed by atoms with E-state index in [0.717, 1.165) is 30.3 Å². The van der Waals surface area contributed by atoms with E-state index in [1.807, 2.05) is 12.1 Å². The smallest absolute Gasteiger partial charge is 0.423 e. The van der Waals surface area contributed by atoms with Crippen LogP contribution in [0.2, 0.25) is 5.02 Å². The van der Waals surface area contributed by atoms with Gasteiger partial charge in [0.15, 0.2) is 0 Å². The van der Waals surface area contributed by atoms with Crippen LogP contribution >= 0.6 is 11.6 Å². The molecule has 6 atom stereocenters. The summed E-state index contributed by atoms with van der Waals surface area (Å²) < 4.78 is 7.08. The van der Waals surface area contributed by atoms with Crippen LogP contribution in [0, 0.1) is 47.3 Å². The molecule has 2 heterocycles. The van der Waals surface area contributed by atoms with Crippen LogP contribution in [0.5, 0.6) is 0 Å². The zero-order valence-electron chi connectivity index (χ0n) is 28.5. The number of hydrogen-bond acceptors (Lipinski definition) is 4. The second kappa shape index (κ2) is 13.3. The summed E-state index contributed by atoms with van der Waals surface area (Å²) in [6, 6.07) is 11.2. The predicted octanol–water partition coefficient (Wildman–Crippen LogP) is 8.05. The van der Waals surface area contributed by atoms with Crippen molar-refractivity contribution < 1.29 is 19.3 Å². The summed E-state index contributed by atoms with van der Waals surface area (Å²) in [5.74, 6) is 3.66. The summed E-state index contributed by atoms with van der Waals surface area (Å²) in [4.78, 5) is 27.4. The minimum Gasteiger partial charge on any atom is -0.423 e. The lowest BCUT2D eigenvalue weighted by Crippen LogP contribution is -2.53. The average Bonchev–Trinajstić information content (AvgIpc) is 3.57. The van der Waals surface area contributed by atoms with Crippen molar-refractivity contribution in [3.05, 3.63) is 52.5 Å². The molecule has 1 saturated heterocycles. The van der Waals surface area contributed by atoms with Crippen LogP contribution in [0.4, 0.5) is 11.4 Å². The number of hydrogen-bond donors (Lipinski definition) is 2. The molecular weight excluding hydrogens is 595 g/mol. The lowest BCUT2D eigenvalue weighted by molar-refractivity contribution is -0.138. The summed E-state index contributed by atoms with van der Waals surface area (Å²) in [7, 11) is -1.05. The normalized spacial score (nSPS) is 31.6. The molecular formula is C38H52BClN2O4. The number of carbonyl (C=O) groups is 2. The number of anilines is 2. The van der Waals surface area contributed by atoms with Crippen LogP contribution in [0.3, 0.4) is 0 Å². The standard InChI is InChI=1S/C38H52BClN2O4/c1-22(2)28-13-9-24(5)18-32(28)38(33-19-25(6)10-14-29(33)23(3)4)31-16-11-26(20-34(31)39(45)46-38)41-37(44)30-15-12-27(21-35(30)40)42-17-7-8-36(42)43/h11-12,15-16,20-25,28-29,32-33,45H,7-10,13-14,17-19H2,1-6H3,(H,41,44). The van der Waals surface area contributed by atoms with Crippen molar-refractivity contribution in [1.29, 1.82) is 0 Å². The van der Waals surface area contributed by atoms with Gasteiger partial charge in [-0.2, -0.15) is 0 Å². The number of carbonyl (C=O) groups excluding carboxylic acids is 2. The fourth-order valence-corrected chi connectivity index (χ4v) is 9.99. The van der Waals surface area contributed by atoms with E-state index >= 15 is 0 Å². The van der Waals surface area contributed by atoms with Crippen LogP contribution in [0.15, 0.2) is 36.4 Å². The van der Waals surface area contributed by atoms with E-state index in [9.17, 15) is 14.6 Å².